The number of methoxy groups -OCH3 is 1. The summed E-state index contributed by atoms with van der Waals surface area (Å²) in [7, 11) is 1.54. The molecule has 31 heavy (non-hydrogen) atoms. The van der Waals surface area contributed by atoms with Crippen LogP contribution in [0.5, 0.6) is 11.5 Å². The second-order valence-corrected chi connectivity index (χ2v) is 8.11. The highest BCUT2D eigenvalue weighted by Crippen LogP contribution is 2.41. The van der Waals surface area contributed by atoms with Gasteiger partial charge in [-0.2, -0.15) is 0 Å². The van der Waals surface area contributed by atoms with Crippen LogP contribution in [0.25, 0.3) is 11.0 Å². The Kier molecular flexibility index (Phi) is 6.02. The standard InChI is InChI=1S/C23H22BrNO6/c1-3-10-30-17-6-4-13(11-18(17)29-2)20-19-21(27)15-12-14(24)5-7-16(15)31-22(19)23(28)25(20)8-9-26/h4-7,11-12,20,26H,3,8-10H2,1-2H3. The van der Waals surface area contributed by atoms with Crippen molar-refractivity contribution in [2.24, 2.45) is 0 Å². The highest BCUT2D eigenvalue weighted by atomic mass is 79.9. The molecule has 1 amide bonds. The van der Waals surface area contributed by atoms with E-state index in [9.17, 15) is 14.7 Å². The van der Waals surface area contributed by atoms with Crippen LogP contribution >= 0.6 is 15.9 Å². The molecule has 2 aromatic carbocycles. The summed E-state index contributed by atoms with van der Waals surface area (Å²) in [5, 5.41) is 9.95. The van der Waals surface area contributed by atoms with Gasteiger partial charge in [0.2, 0.25) is 5.76 Å². The van der Waals surface area contributed by atoms with Gasteiger partial charge < -0.3 is 23.9 Å². The lowest BCUT2D eigenvalue weighted by Gasteiger charge is -2.25. The number of ether oxygens (including phenoxy) is 2. The number of carbonyl (C=O) groups excluding carboxylic acids is 1. The molecule has 1 aliphatic rings. The summed E-state index contributed by atoms with van der Waals surface area (Å²) in [6.45, 7) is 2.37. The molecule has 7 nitrogen and oxygen atoms in total. The quantitative estimate of drug-likeness (QED) is 0.543. The van der Waals surface area contributed by atoms with E-state index >= 15 is 0 Å². The van der Waals surface area contributed by atoms with Crippen LogP contribution in [0, 0.1) is 0 Å². The predicted octanol–water partition coefficient (Wildman–Crippen LogP) is 3.89. The lowest BCUT2D eigenvalue weighted by Crippen LogP contribution is -2.32. The SMILES string of the molecule is CCCOc1ccc(C2c3c(oc4ccc(Br)cc4c3=O)C(=O)N2CCO)cc1OC. The number of nitrogens with zero attached hydrogens (tertiary/aromatic N) is 1. The highest BCUT2D eigenvalue weighted by molar-refractivity contribution is 9.10. The van der Waals surface area contributed by atoms with E-state index in [4.69, 9.17) is 13.9 Å². The average Bonchev–Trinajstić information content (AvgIpc) is 3.05. The third-order valence-electron chi connectivity index (χ3n) is 5.23. The highest BCUT2D eigenvalue weighted by Gasteiger charge is 2.42. The molecule has 3 aromatic rings. The number of rotatable bonds is 7. The summed E-state index contributed by atoms with van der Waals surface area (Å²) in [4.78, 5) is 28.0. The minimum atomic E-state index is -0.705. The molecule has 0 fully saturated rings. The lowest BCUT2D eigenvalue weighted by atomic mass is 9.98. The van der Waals surface area contributed by atoms with Crippen molar-refractivity contribution in [3.63, 3.8) is 0 Å². The monoisotopic (exact) mass is 487 g/mol. The molecular formula is C23H22BrNO6. The van der Waals surface area contributed by atoms with Gasteiger partial charge in [0.25, 0.3) is 5.91 Å². The number of halogens is 1. The summed E-state index contributed by atoms with van der Waals surface area (Å²) in [5.74, 6) is 0.661. The van der Waals surface area contributed by atoms with Crippen LogP contribution in [0.4, 0.5) is 0 Å². The molecule has 1 unspecified atom stereocenters. The zero-order valence-electron chi connectivity index (χ0n) is 17.2. The van der Waals surface area contributed by atoms with Gasteiger partial charge in [-0.15, -0.1) is 0 Å². The first-order valence-corrected chi connectivity index (χ1v) is 10.8. The van der Waals surface area contributed by atoms with Gasteiger partial charge in [0, 0.05) is 11.0 Å². The Morgan fingerprint density at radius 2 is 1.97 bits per heavy atom. The maximum absolute atomic E-state index is 13.4. The fraction of sp³-hybridized carbons (Fsp3) is 0.304. The molecule has 0 saturated carbocycles. The van der Waals surface area contributed by atoms with Crippen molar-refractivity contribution in [1.82, 2.24) is 4.90 Å². The number of amides is 1. The van der Waals surface area contributed by atoms with Gasteiger partial charge in [-0.05, 0) is 42.3 Å². The molecule has 162 valence electrons. The Morgan fingerprint density at radius 1 is 1.16 bits per heavy atom. The molecule has 2 heterocycles. The maximum atomic E-state index is 13.4. The zero-order chi connectivity index (χ0) is 22.1. The van der Waals surface area contributed by atoms with Crippen molar-refractivity contribution >= 4 is 32.8 Å². The van der Waals surface area contributed by atoms with Crippen LogP contribution in [0.15, 0.2) is 50.1 Å². The van der Waals surface area contributed by atoms with E-state index in [1.807, 2.05) is 6.92 Å². The second kappa shape index (κ2) is 8.72. The number of hydrogen-bond acceptors (Lipinski definition) is 6. The van der Waals surface area contributed by atoms with Crippen molar-refractivity contribution in [1.29, 1.82) is 0 Å². The molecule has 0 radical (unpaired) electrons. The molecule has 4 rings (SSSR count). The van der Waals surface area contributed by atoms with Crippen molar-refractivity contribution in [3.05, 3.63) is 68.0 Å². The smallest absolute Gasteiger partial charge is 0.290 e. The van der Waals surface area contributed by atoms with Crippen LogP contribution < -0.4 is 14.9 Å². The molecule has 1 N–H and O–H groups in total. The number of aliphatic hydroxyl groups excluding tert-OH is 1. The van der Waals surface area contributed by atoms with Crippen LogP contribution in [0.3, 0.4) is 0 Å². The van der Waals surface area contributed by atoms with E-state index in [0.717, 1.165) is 10.9 Å². The third-order valence-corrected chi connectivity index (χ3v) is 5.73. The third kappa shape index (κ3) is 3.70. The second-order valence-electron chi connectivity index (χ2n) is 7.20. The minimum Gasteiger partial charge on any atom is -0.493 e. The van der Waals surface area contributed by atoms with Crippen molar-refractivity contribution in [3.8, 4) is 11.5 Å². The molecule has 1 aliphatic heterocycles. The number of aliphatic hydroxyl groups is 1. The van der Waals surface area contributed by atoms with E-state index in [1.54, 1.807) is 36.4 Å². The largest absolute Gasteiger partial charge is 0.493 e. The van der Waals surface area contributed by atoms with Gasteiger partial charge in [0.1, 0.15) is 5.58 Å². The Morgan fingerprint density at radius 3 is 2.68 bits per heavy atom. The van der Waals surface area contributed by atoms with Gasteiger partial charge in [0.15, 0.2) is 16.9 Å². The summed E-state index contributed by atoms with van der Waals surface area (Å²) in [6.07, 6.45) is 0.851. The van der Waals surface area contributed by atoms with Crippen molar-refractivity contribution in [2.75, 3.05) is 26.9 Å². The maximum Gasteiger partial charge on any atom is 0.290 e. The van der Waals surface area contributed by atoms with Gasteiger partial charge in [-0.1, -0.05) is 28.9 Å². The number of benzene rings is 2. The minimum absolute atomic E-state index is 0.00329. The first-order valence-electron chi connectivity index (χ1n) is 9.99. The Bertz CT molecular complexity index is 1200. The summed E-state index contributed by atoms with van der Waals surface area (Å²) in [5.41, 5.74) is 0.989. The van der Waals surface area contributed by atoms with E-state index in [1.165, 1.54) is 12.0 Å². The molecule has 0 aliphatic carbocycles. The number of carbonyl (C=O) groups is 1. The number of hydrogen-bond donors (Lipinski definition) is 1. The lowest BCUT2D eigenvalue weighted by molar-refractivity contribution is 0.0691. The fourth-order valence-electron chi connectivity index (χ4n) is 3.86. The predicted molar refractivity (Wildman–Crippen MR) is 119 cm³/mol. The molecule has 8 heteroatoms. The Hall–Kier alpha value is -2.84. The van der Waals surface area contributed by atoms with E-state index in [2.05, 4.69) is 15.9 Å². The number of fused-ring (bicyclic) bond motifs is 2. The van der Waals surface area contributed by atoms with E-state index in [0.29, 0.717) is 34.6 Å². The Balaban J connectivity index is 1.91. The first-order chi connectivity index (χ1) is 15.0. The molecule has 0 spiro atoms. The summed E-state index contributed by atoms with van der Waals surface area (Å²) < 4.78 is 17.8. The number of β-amino-alcohol motifs (C(OH)–C–C–N with tert-alkyl or cyclic N) is 1. The van der Waals surface area contributed by atoms with E-state index < -0.39 is 11.9 Å². The van der Waals surface area contributed by atoms with Gasteiger partial charge in [-0.25, -0.2) is 0 Å². The normalized spacial score (nSPS) is 15.4. The van der Waals surface area contributed by atoms with Crippen LogP contribution in [0.1, 0.15) is 41.1 Å². The Labute approximate surface area is 187 Å². The zero-order valence-corrected chi connectivity index (χ0v) is 18.8. The molecule has 1 aromatic heterocycles. The van der Waals surface area contributed by atoms with E-state index in [-0.39, 0.29) is 29.9 Å². The molecular weight excluding hydrogens is 466 g/mol. The summed E-state index contributed by atoms with van der Waals surface area (Å²) >= 11 is 3.38. The van der Waals surface area contributed by atoms with Gasteiger partial charge in [0.05, 0.1) is 37.3 Å². The molecule has 0 bridgehead atoms. The summed E-state index contributed by atoms with van der Waals surface area (Å²) in [6, 6.07) is 9.70. The topological polar surface area (TPSA) is 89.2 Å². The van der Waals surface area contributed by atoms with Crippen LogP contribution in [0.2, 0.25) is 0 Å². The van der Waals surface area contributed by atoms with Crippen LogP contribution in [-0.4, -0.2) is 42.8 Å². The molecule has 0 saturated heterocycles. The van der Waals surface area contributed by atoms with Crippen molar-refractivity contribution in [2.45, 2.75) is 19.4 Å². The average molecular weight is 488 g/mol. The molecule has 1 atom stereocenters. The fourth-order valence-corrected chi connectivity index (χ4v) is 4.22. The van der Waals surface area contributed by atoms with Gasteiger partial charge >= 0.3 is 0 Å². The van der Waals surface area contributed by atoms with Gasteiger partial charge in [-0.3, -0.25) is 9.59 Å². The van der Waals surface area contributed by atoms with Crippen LogP contribution in [-0.2, 0) is 0 Å². The first kappa shape index (κ1) is 21.4. The van der Waals surface area contributed by atoms with Crippen molar-refractivity contribution < 1.29 is 23.8 Å².